The molecular weight excluding hydrogens is 792 g/mol. The minimum Gasteiger partial charge on any atom is -0.550 e. The number of hydrogen-bond donors (Lipinski definition) is 2. The van der Waals surface area contributed by atoms with Crippen LogP contribution < -0.4 is 21.7 Å². The maximum absolute atomic E-state index is 10.2. The summed E-state index contributed by atoms with van der Waals surface area (Å²) >= 11 is 0. The maximum atomic E-state index is 10.2. The first-order chi connectivity index (χ1) is 23.3. The quantitative estimate of drug-likeness (QED) is 0.0546. The maximum Gasteiger partial charge on any atom is 2.00 e. The third-order valence-corrected chi connectivity index (χ3v) is 9.16. The number of aliphatic carboxylic acids is 2. The molecule has 0 heterocycles. The zero-order valence-electron chi connectivity index (χ0n) is 32.2. The Morgan fingerprint density at radius 3 is 0.959 bits per heavy atom. The predicted molar refractivity (Wildman–Crippen MR) is 203 cm³/mol. The summed E-state index contributed by atoms with van der Waals surface area (Å²) in [7, 11) is 0. The third-order valence-electron chi connectivity index (χ3n) is 9.16. The average molecular weight is 872 g/mol. The Hall–Kier alpha value is -0.972. The molecule has 0 aliphatic heterocycles. The standard InChI is InChI=1S/2C18H34O2.C6H14N2.Pt/c2*1-2-3-4-5-6-7-8-9-10-11-12-13-14-15-16-17-18(19)20;7-5-3-1-2-4-6(5)8;/h2*9-10H,2-8,11-17H2,1H3,(H,19,20);5-6H,1-4,7-8H2;/q;;;+2/p-2/b2*10-9-;;. The van der Waals surface area contributed by atoms with Crippen molar-refractivity contribution in [3.63, 3.8) is 0 Å². The second kappa shape index (κ2) is 45.0. The van der Waals surface area contributed by atoms with Crippen molar-refractivity contribution in [1.29, 1.82) is 0 Å². The van der Waals surface area contributed by atoms with Crippen LogP contribution in [0.3, 0.4) is 0 Å². The first-order valence-electron chi connectivity index (χ1n) is 20.6. The Balaban J connectivity index is -0.000000693. The Kier molecular flexibility index (Phi) is 48.2. The van der Waals surface area contributed by atoms with Gasteiger partial charge in [-0.15, -0.1) is 0 Å². The Labute approximate surface area is 318 Å². The van der Waals surface area contributed by atoms with Crippen molar-refractivity contribution < 1.29 is 40.9 Å². The summed E-state index contributed by atoms with van der Waals surface area (Å²) in [5, 5.41) is 20.4. The molecular formula is C42H80N2O4Pt. The first-order valence-corrected chi connectivity index (χ1v) is 20.6. The van der Waals surface area contributed by atoms with Crippen molar-refractivity contribution in [1.82, 2.24) is 0 Å². The zero-order chi connectivity index (χ0) is 35.8. The molecule has 0 aromatic heterocycles. The second-order valence-corrected chi connectivity index (χ2v) is 14.0. The Morgan fingerprint density at radius 2 is 0.714 bits per heavy atom. The minimum absolute atomic E-state index is 0. The smallest absolute Gasteiger partial charge is 0.550 e. The van der Waals surface area contributed by atoms with Gasteiger partial charge in [0.1, 0.15) is 0 Å². The molecule has 1 aliphatic carbocycles. The molecule has 1 aliphatic rings. The average Bonchev–Trinajstić information content (AvgIpc) is 3.06. The number of carbonyl (C=O) groups is 2. The van der Waals surface area contributed by atoms with E-state index in [0.717, 1.165) is 51.4 Å². The predicted octanol–water partition coefficient (Wildman–Crippen LogP) is 9.76. The van der Waals surface area contributed by atoms with Crippen LogP contribution in [0.5, 0.6) is 0 Å². The van der Waals surface area contributed by atoms with E-state index in [9.17, 15) is 19.8 Å². The third kappa shape index (κ3) is 49.2. The van der Waals surface area contributed by atoms with Gasteiger partial charge in [0.15, 0.2) is 0 Å². The van der Waals surface area contributed by atoms with E-state index in [1.807, 2.05) is 0 Å². The molecule has 7 heteroatoms. The molecule has 0 aromatic rings. The SMILES string of the molecule is CCCCCCCC/C=C\CCCCCCCC(=O)[O-].CCCCCCCC/C=C\CCCCCCCC(=O)[O-].NC1CCCCC1N.[Pt+2]. The van der Waals surface area contributed by atoms with Crippen molar-refractivity contribution in [2.24, 2.45) is 11.5 Å². The second-order valence-electron chi connectivity index (χ2n) is 14.0. The molecule has 2 atom stereocenters. The fraction of sp³-hybridized carbons (Fsp3) is 0.857. The van der Waals surface area contributed by atoms with Gasteiger partial charge in [0.25, 0.3) is 0 Å². The van der Waals surface area contributed by atoms with E-state index in [-0.39, 0.29) is 46.0 Å². The number of carboxylic acids is 2. The summed E-state index contributed by atoms with van der Waals surface area (Å²) in [5.74, 6) is -1.83. The molecule has 4 N–H and O–H groups in total. The van der Waals surface area contributed by atoms with Gasteiger partial charge in [0, 0.05) is 24.0 Å². The van der Waals surface area contributed by atoms with Crippen LogP contribution in [0, 0.1) is 0 Å². The van der Waals surface area contributed by atoms with E-state index in [0.29, 0.717) is 0 Å². The van der Waals surface area contributed by atoms with E-state index in [4.69, 9.17) is 11.5 Å². The van der Waals surface area contributed by atoms with Crippen LogP contribution in [0.25, 0.3) is 0 Å². The van der Waals surface area contributed by atoms with Crippen LogP contribution in [0.1, 0.15) is 219 Å². The normalized spacial score (nSPS) is 15.7. The van der Waals surface area contributed by atoms with Crippen LogP contribution in [-0.4, -0.2) is 24.0 Å². The molecule has 0 bridgehead atoms. The van der Waals surface area contributed by atoms with Gasteiger partial charge < -0.3 is 31.3 Å². The largest absolute Gasteiger partial charge is 2.00 e. The molecule has 0 saturated heterocycles. The molecule has 0 spiro atoms. The van der Waals surface area contributed by atoms with E-state index < -0.39 is 11.9 Å². The van der Waals surface area contributed by atoms with Gasteiger partial charge in [-0.1, -0.05) is 154 Å². The number of unbranched alkanes of at least 4 members (excludes halogenated alkanes) is 22. The van der Waals surface area contributed by atoms with Gasteiger partial charge in [0.05, 0.1) is 0 Å². The molecule has 1 fully saturated rings. The van der Waals surface area contributed by atoms with Crippen molar-refractivity contribution >= 4 is 11.9 Å². The summed E-state index contributed by atoms with van der Waals surface area (Å²) in [5.41, 5.74) is 11.3. The monoisotopic (exact) mass is 872 g/mol. The van der Waals surface area contributed by atoms with Gasteiger partial charge in [-0.05, 0) is 89.9 Å². The van der Waals surface area contributed by atoms with Crippen LogP contribution in [0.2, 0.25) is 0 Å². The van der Waals surface area contributed by atoms with E-state index in [2.05, 4.69) is 38.2 Å². The molecule has 1 saturated carbocycles. The molecule has 0 radical (unpaired) electrons. The number of carboxylic acid groups (broad SMARTS) is 2. The molecule has 0 aromatic carbocycles. The summed E-state index contributed by atoms with van der Waals surface area (Å²) in [6.07, 6.45) is 46.6. The topological polar surface area (TPSA) is 132 Å². The van der Waals surface area contributed by atoms with Crippen molar-refractivity contribution in [2.45, 2.75) is 231 Å². The van der Waals surface area contributed by atoms with Crippen LogP contribution in [-0.2, 0) is 30.7 Å². The molecule has 49 heavy (non-hydrogen) atoms. The number of nitrogens with two attached hydrogens (primary N) is 2. The van der Waals surface area contributed by atoms with E-state index >= 15 is 0 Å². The van der Waals surface area contributed by atoms with Crippen molar-refractivity contribution in [3.8, 4) is 0 Å². The number of hydrogen-bond acceptors (Lipinski definition) is 6. The summed E-state index contributed by atoms with van der Waals surface area (Å²) in [6, 6.07) is 0.562. The molecule has 1 rings (SSSR count). The van der Waals surface area contributed by atoms with Gasteiger partial charge in [0.2, 0.25) is 0 Å². The Morgan fingerprint density at radius 1 is 0.469 bits per heavy atom. The van der Waals surface area contributed by atoms with Gasteiger partial charge >= 0.3 is 21.1 Å². The van der Waals surface area contributed by atoms with Gasteiger partial charge in [-0.25, -0.2) is 0 Å². The van der Waals surface area contributed by atoms with Crippen molar-refractivity contribution in [3.05, 3.63) is 24.3 Å². The number of allylic oxidation sites excluding steroid dienone is 4. The first kappa shape index (κ1) is 52.4. The number of carbonyl (C=O) groups excluding carboxylic acids is 2. The van der Waals surface area contributed by atoms with E-state index in [1.54, 1.807) is 0 Å². The summed E-state index contributed by atoms with van der Waals surface area (Å²) < 4.78 is 0. The van der Waals surface area contributed by atoms with Crippen LogP contribution in [0.4, 0.5) is 0 Å². The van der Waals surface area contributed by atoms with E-state index in [1.165, 1.54) is 141 Å². The van der Waals surface area contributed by atoms with Crippen LogP contribution >= 0.6 is 0 Å². The molecule has 0 amide bonds. The minimum atomic E-state index is -0.914. The van der Waals surface area contributed by atoms with Crippen molar-refractivity contribution in [2.75, 3.05) is 0 Å². The Bertz CT molecular complexity index is 671. The molecule has 2 unspecified atom stereocenters. The van der Waals surface area contributed by atoms with Gasteiger partial charge in [-0.3, -0.25) is 0 Å². The van der Waals surface area contributed by atoms with Gasteiger partial charge in [-0.2, -0.15) is 0 Å². The van der Waals surface area contributed by atoms with Crippen LogP contribution in [0.15, 0.2) is 24.3 Å². The number of rotatable bonds is 30. The summed E-state index contributed by atoms with van der Waals surface area (Å²) in [4.78, 5) is 20.4. The molecule has 6 nitrogen and oxygen atoms in total. The molecule has 292 valence electrons. The fourth-order valence-electron chi connectivity index (χ4n) is 5.87. The fourth-order valence-corrected chi connectivity index (χ4v) is 5.87. The summed E-state index contributed by atoms with van der Waals surface area (Å²) in [6.45, 7) is 4.51. The zero-order valence-corrected chi connectivity index (χ0v) is 34.5.